The molecule has 0 saturated carbocycles. The predicted molar refractivity (Wildman–Crippen MR) is 92.7 cm³/mol. The van der Waals surface area contributed by atoms with E-state index in [4.69, 9.17) is 5.73 Å². The zero-order valence-electron chi connectivity index (χ0n) is 13.6. The summed E-state index contributed by atoms with van der Waals surface area (Å²) in [6.07, 6.45) is 0. The number of benzene rings is 1. The van der Waals surface area contributed by atoms with Crippen LogP contribution in [0.3, 0.4) is 0 Å². The van der Waals surface area contributed by atoms with E-state index in [0.717, 1.165) is 35.7 Å². The Morgan fingerprint density at radius 1 is 1.09 bits per heavy atom. The molecule has 0 aliphatic carbocycles. The molecule has 0 unspecified atom stereocenters. The summed E-state index contributed by atoms with van der Waals surface area (Å²) in [6.45, 7) is 6.90. The molecule has 1 aliphatic heterocycles. The van der Waals surface area contributed by atoms with Gasteiger partial charge in [0.25, 0.3) is 5.91 Å². The van der Waals surface area contributed by atoms with Crippen molar-refractivity contribution in [1.29, 1.82) is 0 Å². The first-order chi connectivity index (χ1) is 11.0. The predicted octanol–water partition coefficient (Wildman–Crippen LogP) is 2.24. The fraction of sp³-hybridized carbons (Fsp3) is 0.333. The number of hydrogen-bond acceptors (Lipinski definition) is 4. The molecular formula is C18H22N4O. The van der Waals surface area contributed by atoms with Crippen LogP contribution in [-0.2, 0) is 0 Å². The van der Waals surface area contributed by atoms with Crippen molar-refractivity contribution in [3.8, 4) is 0 Å². The second-order valence-electron chi connectivity index (χ2n) is 5.99. The molecule has 0 radical (unpaired) electrons. The Bertz CT molecular complexity index is 721. The Kier molecular flexibility index (Phi) is 4.19. The quantitative estimate of drug-likeness (QED) is 0.924. The zero-order valence-corrected chi connectivity index (χ0v) is 13.6. The molecule has 1 aromatic carbocycles. The molecule has 1 saturated heterocycles. The molecule has 120 valence electrons. The summed E-state index contributed by atoms with van der Waals surface area (Å²) in [4.78, 5) is 21.2. The van der Waals surface area contributed by atoms with Crippen molar-refractivity contribution < 1.29 is 4.79 Å². The topological polar surface area (TPSA) is 62.5 Å². The first-order valence-electron chi connectivity index (χ1n) is 7.88. The third kappa shape index (κ3) is 3.28. The molecule has 1 aliphatic rings. The number of amides is 1. The largest absolute Gasteiger partial charge is 0.397 e. The highest BCUT2D eigenvalue weighted by Gasteiger charge is 2.23. The van der Waals surface area contributed by atoms with Gasteiger partial charge in [-0.15, -0.1) is 0 Å². The van der Waals surface area contributed by atoms with Gasteiger partial charge in [0.15, 0.2) is 0 Å². The third-order valence-electron chi connectivity index (χ3n) is 4.27. The van der Waals surface area contributed by atoms with E-state index < -0.39 is 0 Å². The fourth-order valence-corrected chi connectivity index (χ4v) is 2.83. The Balaban J connectivity index is 1.66. The molecule has 0 bridgehead atoms. The van der Waals surface area contributed by atoms with E-state index in [1.54, 1.807) is 0 Å². The van der Waals surface area contributed by atoms with Crippen LogP contribution in [0.25, 0.3) is 0 Å². The van der Waals surface area contributed by atoms with Crippen molar-refractivity contribution >= 4 is 17.4 Å². The minimum atomic E-state index is 0.106. The van der Waals surface area contributed by atoms with Crippen LogP contribution in [0.5, 0.6) is 0 Å². The normalized spacial score (nSPS) is 14.9. The fourth-order valence-electron chi connectivity index (χ4n) is 2.83. The second-order valence-corrected chi connectivity index (χ2v) is 5.99. The molecule has 0 spiro atoms. The summed E-state index contributed by atoms with van der Waals surface area (Å²) in [5, 5.41) is 0. The number of nitrogens with two attached hydrogens (primary N) is 1. The minimum Gasteiger partial charge on any atom is -0.397 e. The maximum absolute atomic E-state index is 12.6. The molecular weight excluding hydrogens is 288 g/mol. The number of nitrogens with zero attached hydrogens (tertiary/aromatic N) is 3. The lowest BCUT2D eigenvalue weighted by molar-refractivity contribution is 0.0746. The Labute approximate surface area is 136 Å². The first-order valence-corrected chi connectivity index (χ1v) is 7.88. The molecule has 5 heteroatoms. The van der Waals surface area contributed by atoms with Gasteiger partial charge in [-0.3, -0.25) is 4.79 Å². The number of anilines is 2. The van der Waals surface area contributed by atoms with E-state index in [0.29, 0.717) is 18.8 Å². The summed E-state index contributed by atoms with van der Waals surface area (Å²) in [5.41, 5.74) is 9.25. The lowest BCUT2D eigenvalue weighted by Crippen LogP contribution is -2.49. The number of piperazine rings is 1. The van der Waals surface area contributed by atoms with Crippen molar-refractivity contribution in [3.05, 3.63) is 53.2 Å². The number of nitrogen functional groups attached to an aromatic ring is 1. The van der Waals surface area contributed by atoms with Gasteiger partial charge in [-0.25, -0.2) is 4.98 Å². The van der Waals surface area contributed by atoms with Crippen LogP contribution in [-0.4, -0.2) is 42.0 Å². The molecule has 2 heterocycles. The zero-order chi connectivity index (χ0) is 16.4. The molecule has 2 aromatic rings. The van der Waals surface area contributed by atoms with Crippen LogP contribution in [0.15, 0.2) is 36.4 Å². The van der Waals surface area contributed by atoms with Gasteiger partial charge in [0.1, 0.15) is 5.82 Å². The molecule has 0 atom stereocenters. The standard InChI is InChI=1S/C18H22N4O/c1-13-4-3-5-15(12-13)18(23)22-10-8-21(9-11-22)17-7-6-16(19)14(2)20-17/h3-7,12H,8-11,19H2,1-2H3. The number of pyridine rings is 1. The number of carbonyl (C=O) groups is 1. The molecule has 1 fully saturated rings. The van der Waals surface area contributed by atoms with E-state index in [1.807, 2.05) is 55.1 Å². The van der Waals surface area contributed by atoms with Crippen LogP contribution in [0, 0.1) is 13.8 Å². The maximum Gasteiger partial charge on any atom is 0.253 e. The number of carbonyl (C=O) groups excluding carboxylic acids is 1. The Morgan fingerprint density at radius 2 is 1.83 bits per heavy atom. The van der Waals surface area contributed by atoms with Crippen molar-refractivity contribution in [3.63, 3.8) is 0 Å². The van der Waals surface area contributed by atoms with Crippen LogP contribution < -0.4 is 10.6 Å². The average Bonchev–Trinajstić information content (AvgIpc) is 2.57. The number of aryl methyl sites for hydroxylation is 2. The minimum absolute atomic E-state index is 0.106. The van der Waals surface area contributed by atoms with E-state index in [9.17, 15) is 4.79 Å². The van der Waals surface area contributed by atoms with Gasteiger partial charge < -0.3 is 15.5 Å². The average molecular weight is 310 g/mol. The lowest BCUT2D eigenvalue weighted by atomic mass is 10.1. The van der Waals surface area contributed by atoms with Crippen LogP contribution in [0.2, 0.25) is 0 Å². The number of hydrogen-bond donors (Lipinski definition) is 1. The van der Waals surface area contributed by atoms with Crippen molar-refractivity contribution in [2.45, 2.75) is 13.8 Å². The molecule has 1 amide bonds. The monoisotopic (exact) mass is 310 g/mol. The molecule has 1 aromatic heterocycles. The highest BCUT2D eigenvalue weighted by atomic mass is 16.2. The number of rotatable bonds is 2. The summed E-state index contributed by atoms with van der Waals surface area (Å²) in [5.74, 6) is 1.04. The van der Waals surface area contributed by atoms with Crippen molar-refractivity contribution in [1.82, 2.24) is 9.88 Å². The van der Waals surface area contributed by atoms with Crippen LogP contribution in [0.1, 0.15) is 21.6 Å². The van der Waals surface area contributed by atoms with Gasteiger partial charge in [0.2, 0.25) is 0 Å². The van der Waals surface area contributed by atoms with E-state index in [2.05, 4.69) is 9.88 Å². The Morgan fingerprint density at radius 3 is 2.48 bits per heavy atom. The SMILES string of the molecule is Cc1cccc(C(=O)N2CCN(c3ccc(N)c(C)n3)CC2)c1. The number of aromatic nitrogens is 1. The maximum atomic E-state index is 12.6. The van der Waals surface area contributed by atoms with E-state index in [-0.39, 0.29) is 5.91 Å². The summed E-state index contributed by atoms with van der Waals surface area (Å²) >= 11 is 0. The van der Waals surface area contributed by atoms with Gasteiger partial charge in [0, 0.05) is 31.7 Å². The Hall–Kier alpha value is -2.56. The van der Waals surface area contributed by atoms with E-state index in [1.165, 1.54) is 0 Å². The van der Waals surface area contributed by atoms with Crippen LogP contribution >= 0.6 is 0 Å². The van der Waals surface area contributed by atoms with Gasteiger partial charge in [0.05, 0.1) is 11.4 Å². The summed E-state index contributed by atoms with van der Waals surface area (Å²) < 4.78 is 0. The molecule has 2 N–H and O–H groups in total. The van der Waals surface area contributed by atoms with Gasteiger partial charge in [-0.1, -0.05) is 17.7 Å². The molecule has 5 nitrogen and oxygen atoms in total. The van der Waals surface area contributed by atoms with Crippen LogP contribution in [0.4, 0.5) is 11.5 Å². The molecule has 23 heavy (non-hydrogen) atoms. The smallest absolute Gasteiger partial charge is 0.253 e. The van der Waals surface area contributed by atoms with Gasteiger partial charge in [-0.2, -0.15) is 0 Å². The first kappa shape index (κ1) is 15.3. The highest BCUT2D eigenvalue weighted by Crippen LogP contribution is 2.18. The lowest BCUT2D eigenvalue weighted by Gasteiger charge is -2.35. The third-order valence-corrected chi connectivity index (χ3v) is 4.27. The van der Waals surface area contributed by atoms with Gasteiger partial charge in [-0.05, 0) is 38.1 Å². The second kappa shape index (κ2) is 6.28. The van der Waals surface area contributed by atoms with Crippen molar-refractivity contribution in [2.24, 2.45) is 0 Å². The van der Waals surface area contributed by atoms with Gasteiger partial charge >= 0.3 is 0 Å². The summed E-state index contributed by atoms with van der Waals surface area (Å²) in [6, 6.07) is 11.6. The van der Waals surface area contributed by atoms with Crippen molar-refractivity contribution in [2.75, 3.05) is 36.8 Å². The van der Waals surface area contributed by atoms with E-state index >= 15 is 0 Å². The molecule has 3 rings (SSSR count). The summed E-state index contributed by atoms with van der Waals surface area (Å²) in [7, 11) is 0. The highest BCUT2D eigenvalue weighted by molar-refractivity contribution is 5.94.